The summed E-state index contributed by atoms with van der Waals surface area (Å²) in [6.07, 6.45) is 1.46. The molecule has 0 atom stereocenters. The Morgan fingerprint density at radius 3 is 2.45 bits per heavy atom. The van der Waals surface area contributed by atoms with Crippen molar-refractivity contribution in [3.05, 3.63) is 65.8 Å². The second kappa shape index (κ2) is 9.69. The van der Waals surface area contributed by atoms with Crippen molar-refractivity contribution in [3.63, 3.8) is 0 Å². The number of sulfonamides is 1. The van der Waals surface area contributed by atoms with E-state index in [1.807, 2.05) is 31.2 Å². The third kappa shape index (κ3) is 6.35. The molecule has 2 aromatic carbocycles. The molecule has 1 amide bonds. The Kier molecular flexibility index (Phi) is 7.01. The van der Waals surface area contributed by atoms with Crippen molar-refractivity contribution in [3.8, 4) is 11.4 Å². The Morgan fingerprint density at radius 2 is 1.81 bits per heavy atom. The molecule has 8 nitrogen and oxygen atoms in total. The monoisotopic (exact) mass is 446 g/mol. The fourth-order valence-electron chi connectivity index (χ4n) is 2.89. The van der Waals surface area contributed by atoms with E-state index in [4.69, 9.17) is 4.52 Å². The SMILES string of the molecule is Cc1ccc(-c2noc(CNC(=O)CCCN(c3ccc(F)cc3)S(C)(=O)=O)n2)cc1. The van der Waals surface area contributed by atoms with E-state index in [0.717, 1.165) is 21.7 Å². The number of benzene rings is 2. The van der Waals surface area contributed by atoms with Gasteiger partial charge >= 0.3 is 0 Å². The van der Waals surface area contributed by atoms with Gasteiger partial charge in [-0.2, -0.15) is 4.98 Å². The average molecular weight is 447 g/mol. The van der Waals surface area contributed by atoms with Gasteiger partial charge in [0.05, 0.1) is 18.5 Å². The van der Waals surface area contributed by atoms with Gasteiger partial charge in [0.25, 0.3) is 0 Å². The summed E-state index contributed by atoms with van der Waals surface area (Å²) >= 11 is 0. The largest absolute Gasteiger partial charge is 0.347 e. The van der Waals surface area contributed by atoms with Gasteiger partial charge in [-0.3, -0.25) is 9.10 Å². The van der Waals surface area contributed by atoms with Crippen molar-refractivity contribution in [2.45, 2.75) is 26.3 Å². The zero-order valence-corrected chi connectivity index (χ0v) is 18.0. The molecule has 1 N–H and O–H groups in total. The number of aromatic nitrogens is 2. The Labute approximate surface area is 180 Å². The van der Waals surface area contributed by atoms with Crippen LogP contribution in [0.5, 0.6) is 0 Å². The number of nitrogens with zero attached hydrogens (tertiary/aromatic N) is 3. The third-order valence-electron chi connectivity index (χ3n) is 4.49. The van der Waals surface area contributed by atoms with Gasteiger partial charge in [0.2, 0.25) is 27.6 Å². The third-order valence-corrected chi connectivity index (χ3v) is 5.69. The van der Waals surface area contributed by atoms with Crippen LogP contribution in [0.15, 0.2) is 53.1 Å². The lowest BCUT2D eigenvalue weighted by atomic mass is 10.1. The summed E-state index contributed by atoms with van der Waals surface area (Å²) in [5, 5.41) is 6.59. The summed E-state index contributed by atoms with van der Waals surface area (Å²) in [5.41, 5.74) is 2.28. The average Bonchev–Trinajstić information content (AvgIpc) is 3.19. The maximum atomic E-state index is 13.1. The van der Waals surface area contributed by atoms with Gasteiger partial charge in [-0.25, -0.2) is 12.8 Å². The molecule has 10 heteroatoms. The zero-order valence-electron chi connectivity index (χ0n) is 17.2. The smallest absolute Gasteiger partial charge is 0.246 e. The van der Waals surface area contributed by atoms with Gasteiger partial charge in [-0.05, 0) is 37.6 Å². The maximum Gasteiger partial charge on any atom is 0.246 e. The fourth-order valence-corrected chi connectivity index (χ4v) is 3.85. The molecule has 0 saturated heterocycles. The van der Waals surface area contributed by atoms with Gasteiger partial charge in [-0.15, -0.1) is 0 Å². The number of hydrogen-bond donors (Lipinski definition) is 1. The van der Waals surface area contributed by atoms with Crippen molar-refractivity contribution < 1.29 is 22.1 Å². The van der Waals surface area contributed by atoms with Gasteiger partial charge < -0.3 is 9.84 Å². The fraction of sp³-hybridized carbons (Fsp3) is 0.286. The van der Waals surface area contributed by atoms with Gasteiger partial charge in [0, 0.05) is 18.5 Å². The highest BCUT2D eigenvalue weighted by molar-refractivity contribution is 7.92. The predicted molar refractivity (Wildman–Crippen MR) is 114 cm³/mol. The van der Waals surface area contributed by atoms with Crippen LogP contribution in [-0.4, -0.2) is 37.3 Å². The minimum absolute atomic E-state index is 0.0748. The van der Waals surface area contributed by atoms with Crippen LogP contribution in [0.3, 0.4) is 0 Å². The Hall–Kier alpha value is -3.27. The molecule has 0 bridgehead atoms. The van der Waals surface area contributed by atoms with Crippen LogP contribution in [-0.2, 0) is 21.4 Å². The first-order chi connectivity index (χ1) is 14.7. The summed E-state index contributed by atoms with van der Waals surface area (Å²) in [7, 11) is -3.56. The lowest BCUT2D eigenvalue weighted by molar-refractivity contribution is -0.121. The first-order valence-corrected chi connectivity index (χ1v) is 11.5. The van der Waals surface area contributed by atoms with Crippen LogP contribution >= 0.6 is 0 Å². The van der Waals surface area contributed by atoms with Gasteiger partial charge in [0.15, 0.2) is 0 Å². The molecule has 0 saturated carbocycles. The Bertz CT molecular complexity index is 1130. The molecule has 0 fully saturated rings. The highest BCUT2D eigenvalue weighted by Gasteiger charge is 2.18. The number of carbonyl (C=O) groups is 1. The predicted octanol–water partition coefficient (Wildman–Crippen LogP) is 3.05. The Balaban J connectivity index is 1.49. The number of halogens is 1. The van der Waals surface area contributed by atoms with Crippen LogP contribution in [0.1, 0.15) is 24.3 Å². The number of amides is 1. The van der Waals surface area contributed by atoms with E-state index < -0.39 is 15.8 Å². The lowest BCUT2D eigenvalue weighted by Crippen LogP contribution is -2.32. The highest BCUT2D eigenvalue weighted by atomic mass is 32.2. The molecule has 0 radical (unpaired) electrons. The number of nitrogens with one attached hydrogen (secondary N) is 1. The second-order valence-corrected chi connectivity index (χ2v) is 8.98. The first-order valence-electron chi connectivity index (χ1n) is 9.62. The van der Waals surface area contributed by atoms with Crippen LogP contribution in [0.25, 0.3) is 11.4 Å². The van der Waals surface area contributed by atoms with E-state index in [0.29, 0.717) is 11.5 Å². The number of carbonyl (C=O) groups excluding carboxylic acids is 1. The summed E-state index contributed by atoms with van der Waals surface area (Å²) in [6.45, 7) is 2.15. The maximum absolute atomic E-state index is 13.1. The zero-order chi connectivity index (χ0) is 22.4. The highest BCUT2D eigenvalue weighted by Crippen LogP contribution is 2.19. The van der Waals surface area contributed by atoms with Crippen LogP contribution < -0.4 is 9.62 Å². The molecule has 1 aromatic heterocycles. The van der Waals surface area contributed by atoms with Gasteiger partial charge in [-0.1, -0.05) is 35.0 Å². The molecule has 31 heavy (non-hydrogen) atoms. The van der Waals surface area contributed by atoms with Crippen LogP contribution in [0.4, 0.5) is 10.1 Å². The number of hydrogen-bond acceptors (Lipinski definition) is 6. The van der Waals surface area contributed by atoms with E-state index >= 15 is 0 Å². The molecule has 0 spiro atoms. The van der Waals surface area contributed by atoms with E-state index in [9.17, 15) is 17.6 Å². The van der Waals surface area contributed by atoms with Gasteiger partial charge in [0.1, 0.15) is 5.82 Å². The summed E-state index contributed by atoms with van der Waals surface area (Å²) in [4.78, 5) is 16.4. The normalized spacial score (nSPS) is 11.3. The molecule has 164 valence electrons. The molecule has 1 heterocycles. The van der Waals surface area contributed by atoms with E-state index in [1.165, 1.54) is 24.3 Å². The quantitative estimate of drug-likeness (QED) is 0.542. The molecule has 3 rings (SSSR count). The van der Waals surface area contributed by atoms with Crippen LogP contribution in [0.2, 0.25) is 0 Å². The minimum Gasteiger partial charge on any atom is -0.347 e. The van der Waals surface area contributed by atoms with E-state index in [-0.39, 0.29) is 37.7 Å². The number of anilines is 1. The summed E-state index contributed by atoms with van der Waals surface area (Å²) < 4.78 is 43.5. The Morgan fingerprint density at radius 1 is 1.13 bits per heavy atom. The van der Waals surface area contributed by atoms with E-state index in [1.54, 1.807) is 0 Å². The molecule has 0 unspecified atom stereocenters. The summed E-state index contributed by atoms with van der Waals surface area (Å²) in [6, 6.07) is 12.8. The van der Waals surface area contributed by atoms with Crippen molar-refractivity contribution in [1.82, 2.24) is 15.5 Å². The lowest BCUT2D eigenvalue weighted by Gasteiger charge is -2.22. The summed E-state index contributed by atoms with van der Waals surface area (Å²) in [5.74, 6) is -0.0221. The van der Waals surface area contributed by atoms with Crippen molar-refractivity contribution in [2.75, 3.05) is 17.1 Å². The minimum atomic E-state index is -3.56. The molecular formula is C21H23FN4O4S. The standard InChI is InChI=1S/C21H23FN4O4S/c1-15-5-7-16(8-6-15)21-24-20(30-25-21)14-23-19(27)4-3-13-26(31(2,28)29)18-11-9-17(22)10-12-18/h5-12H,3-4,13-14H2,1-2H3,(H,23,27). The molecule has 0 aliphatic rings. The van der Waals surface area contributed by atoms with E-state index in [2.05, 4.69) is 15.5 Å². The molecular weight excluding hydrogens is 423 g/mol. The molecule has 3 aromatic rings. The van der Waals surface area contributed by atoms with Crippen molar-refractivity contribution in [2.24, 2.45) is 0 Å². The number of aryl methyl sites for hydroxylation is 1. The van der Waals surface area contributed by atoms with Crippen molar-refractivity contribution >= 4 is 21.6 Å². The topological polar surface area (TPSA) is 105 Å². The molecule has 0 aliphatic carbocycles. The van der Waals surface area contributed by atoms with Crippen molar-refractivity contribution in [1.29, 1.82) is 0 Å². The number of rotatable bonds is 9. The first kappa shape index (κ1) is 22.4. The van der Waals surface area contributed by atoms with Crippen LogP contribution in [0, 0.1) is 12.7 Å². The molecule has 0 aliphatic heterocycles. The second-order valence-electron chi connectivity index (χ2n) is 7.07.